The fourth-order valence-electron chi connectivity index (χ4n) is 5.19. The standard InChI is InChI=1S/C33H51NO17/c1-19(36)34-22-17-23(37)24(18-35)49-31(22)50-27-25(38)26(39)32(43-4)51-28(27)30(41)48-16-14-46-12-10-44-9-11-45-13-15-47-21-7-5-20(6-8-21)29(40)33(2,3)42/h5-8,22-28,31-32,35,37-39,42H,9-18H2,1-4H3,(H,34,36)/t22?,23?,24?,25?,26?,27-,28?,31-,32?/m0/s1. The van der Waals surface area contributed by atoms with Gasteiger partial charge < -0.3 is 73.5 Å². The number of methoxy groups -OCH3 is 1. The first-order valence-corrected chi connectivity index (χ1v) is 16.6. The number of hydrogen-bond acceptors (Lipinski definition) is 17. The van der Waals surface area contributed by atoms with Crippen LogP contribution in [0.5, 0.6) is 5.75 Å². The molecule has 290 valence electrons. The zero-order valence-electron chi connectivity index (χ0n) is 29.2. The van der Waals surface area contributed by atoms with Gasteiger partial charge in [-0.1, -0.05) is 0 Å². The molecule has 0 radical (unpaired) electrons. The van der Waals surface area contributed by atoms with Crippen molar-refractivity contribution in [3.8, 4) is 5.75 Å². The number of ketones is 1. The van der Waals surface area contributed by atoms with E-state index in [1.165, 1.54) is 27.9 Å². The molecule has 3 rings (SSSR count). The third-order valence-electron chi connectivity index (χ3n) is 7.82. The second-order valence-electron chi connectivity index (χ2n) is 12.3. The van der Waals surface area contributed by atoms with Gasteiger partial charge in [0.1, 0.15) is 49.0 Å². The second-order valence-corrected chi connectivity index (χ2v) is 12.3. The van der Waals surface area contributed by atoms with Crippen molar-refractivity contribution >= 4 is 17.7 Å². The summed E-state index contributed by atoms with van der Waals surface area (Å²) in [6.07, 6.45) is -11.5. The van der Waals surface area contributed by atoms with E-state index in [-0.39, 0.29) is 45.2 Å². The number of aliphatic hydroxyl groups excluding tert-OH is 4. The molecule has 1 aromatic carbocycles. The third kappa shape index (κ3) is 13.3. The lowest BCUT2D eigenvalue weighted by atomic mass is 9.97. The smallest absolute Gasteiger partial charge is 0.338 e. The van der Waals surface area contributed by atoms with Crippen LogP contribution in [0.2, 0.25) is 0 Å². The fourth-order valence-corrected chi connectivity index (χ4v) is 5.19. The lowest BCUT2D eigenvalue weighted by Crippen LogP contribution is -2.64. The van der Waals surface area contributed by atoms with Crippen LogP contribution in [0.3, 0.4) is 0 Å². The summed E-state index contributed by atoms with van der Waals surface area (Å²) in [5.41, 5.74) is -1.07. The first-order chi connectivity index (χ1) is 24.3. The Morgan fingerprint density at radius 3 is 2.00 bits per heavy atom. The Kier molecular flexibility index (Phi) is 17.5. The molecule has 2 fully saturated rings. The van der Waals surface area contributed by atoms with Crippen LogP contribution in [0.4, 0.5) is 0 Å². The van der Waals surface area contributed by atoms with Gasteiger partial charge in [0.2, 0.25) is 5.91 Å². The maximum atomic E-state index is 13.0. The van der Waals surface area contributed by atoms with Crippen molar-refractivity contribution in [2.24, 2.45) is 0 Å². The molecule has 0 aliphatic carbocycles. The quantitative estimate of drug-likeness (QED) is 0.0457. The Bertz CT molecular complexity index is 1210. The zero-order valence-corrected chi connectivity index (χ0v) is 29.2. The molecule has 2 saturated heterocycles. The van der Waals surface area contributed by atoms with Gasteiger partial charge in [-0.2, -0.15) is 0 Å². The van der Waals surface area contributed by atoms with Gasteiger partial charge in [0, 0.05) is 26.0 Å². The van der Waals surface area contributed by atoms with Crippen molar-refractivity contribution < 1.29 is 82.5 Å². The van der Waals surface area contributed by atoms with Gasteiger partial charge in [0.25, 0.3) is 0 Å². The lowest BCUT2D eigenvalue weighted by Gasteiger charge is -2.45. The lowest BCUT2D eigenvalue weighted by molar-refractivity contribution is -0.331. The monoisotopic (exact) mass is 733 g/mol. The molecule has 7 unspecified atom stereocenters. The number of nitrogens with one attached hydrogen (secondary N) is 1. The van der Waals surface area contributed by atoms with Crippen molar-refractivity contribution in [3.05, 3.63) is 29.8 Å². The molecule has 0 bridgehead atoms. The molecule has 18 nitrogen and oxygen atoms in total. The maximum absolute atomic E-state index is 13.0. The Morgan fingerprint density at radius 2 is 1.45 bits per heavy atom. The summed E-state index contributed by atoms with van der Waals surface area (Å²) in [5.74, 6) is -1.25. The highest BCUT2D eigenvalue weighted by Crippen LogP contribution is 2.30. The van der Waals surface area contributed by atoms with Crippen LogP contribution in [0.15, 0.2) is 24.3 Å². The number of esters is 1. The molecule has 2 aliphatic rings. The van der Waals surface area contributed by atoms with E-state index in [4.69, 9.17) is 42.6 Å². The van der Waals surface area contributed by atoms with E-state index >= 15 is 0 Å². The molecule has 2 heterocycles. The summed E-state index contributed by atoms with van der Waals surface area (Å²) in [7, 11) is 1.21. The highest BCUT2D eigenvalue weighted by Gasteiger charge is 2.52. The molecule has 51 heavy (non-hydrogen) atoms. The number of carbonyl (C=O) groups is 3. The van der Waals surface area contributed by atoms with Crippen LogP contribution in [0.1, 0.15) is 37.6 Å². The predicted molar refractivity (Wildman–Crippen MR) is 173 cm³/mol. The number of amides is 1. The molecule has 2 aliphatic heterocycles. The van der Waals surface area contributed by atoms with Crippen LogP contribution in [0, 0.1) is 0 Å². The predicted octanol–water partition coefficient (Wildman–Crippen LogP) is -1.94. The van der Waals surface area contributed by atoms with Crippen LogP contribution in [-0.2, 0) is 47.5 Å². The average Bonchev–Trinajstić information content (AvgIpc) is 3.09. The first kappa shape index (κ1) is 42.6. The Morgan fingerprint density at radius 1 is 0.863 bits per heavy atom. The third-order valence-corrected chi connectivity index (χ3v) is 7.82. The minimum absolute atomic E-state index is 0.000617. The highest BCUT2D eigenvalue weighted by molar-refractivity contribution is 6.01. The molecule has 0 saturated carbocycles. The van der Waals surface area contributed by atoms with Crippen molar-refractivity contribution in [1.29, 1.82) is 0 Å². The van der Waals surface area contributed by atoms with Gasteiger partial charge in [-0.3, -0.25) is 9.59 Å². The Balaban J connectivity index is 1.33. The molecule has 18 heteroatoms. The van der Waals surface area contributed by atoms with Crippen molar-refractivity contribution in [2.75, 3.05) is 66.6 Å². The molecular weight excluding hydrogens is 682 g/mol. The molecule has 9 atom stereocenters. The summed E-state index contributed by atoms with van der Waals surface area (Å²) in [4.78, 5) is 36.9. The minimum atomic E-state index is -1.72. The van der Waals surface area contributed by atoms with E-state index in [9.17, 15) is 39.9 Å². The number of rotatable bonds is 21. The summed E-state index contributed by atoms with van der Waals surface area (Å²) in [5, 5.41) is 53.6. The molecule has 6 N–H and O–H groups in total. The number of hydrogen-bond donors (Lipinski definition) is 6. The maximum Gasteiger partial charge on any atom is 0.338 e. The topological polar surface area (TPSA) is 247 Å². The van der Waals surface area contributed by atoms with E-state index < -0.39 is 79.3 Å². The van der Waals surface area contributed by atoms with Crippen LogP contribution in [-0.4, -0.2) is 171 Å². The minimum Gasteiger partial charge on any atom is -0.491 e. The van der Waals surface area contributed by atoms with E-state index in [1.807, 2.05) is 0 Å². The summed E-state index contributed by atoms with van der Waals surface area (Å²) < 4.78 is 49.3. The molecule has 0 spiro atoms. The molecule has 0 aromatic heterocycles. The van der Waals surface area contributed by atoms with E-state index in [1.54, 1.807) is 24.3 Å². The Hall–Kier alpha value is -2.85. The van der Waals surface area contributed by atoms with Gasteiger partial charge in [0.05, 0.1) is 58.4 Å². The summed E-state index contributed by atoms with van der Waals surface area (Å²) in [6, 6.07) is 5.54. The summed E-state index contributed by atoms with van der Waals surface area (Å²) >= 11 is 0. The van der Waals surface area contributed by atoms with Crippen molar-refractivity contribution in [2.45, 2.75) is 88.0 Å². The van der Waals surface area contributed by atoms with Crippen LogP contribution >= 0.6 is 0 Å². The van der Waals surface area contributed by atoms with E-state index in [2.05, 4.69) is 5.32 Å². The number of Topliss-reactive ketones (excluding diaryl/α,β-unsaturated/α-hetero) is 1. The SMILES string of the molecule is COC1OC(C(=O)OCCOCCOCCOCCOc2ccc(C(=O)C(C)(C)O)cc2)[C@@H](O[C@@H]2OC(CO)C(O)CC2NC(C)=O)C(O)C1O. The second kappa shape index (κ2) is 21.0. The normalized spacial score (nSPS) is 28.2. The number of ether oxygens (including phenoxy) is 9. The van der Waals surface area contributed by atoms with Crippen molar-refractivity contribution in [1.82, 2.24) is 5.32 Å². The largest absolute Gasteiger partial charge is 0.491 e. The first-order valence-electron chi connectivity index (χ1n) is 16.6. The highest BCUT2D eigenvalue weighted by atomic mass is 16.7. The van der Waals surface area contributed by atoms with Gasteiger partial charge >= 0.3 is 5.97 Å². The van der Waals surface area contributed by atoms with E-state index in [0.717, 1.165) is 0 Å². The van der Waals surface area contributed by atoms with E-state index in [0.29, 0.717) is 31.1 Å². The molecule has 1 aromatic rings. The fraction of sp³-hybridized carbons (Fsp3) is 0.727. The number of carbonyl (C=O) groups excluding carboxylic acids is 3. The van der Waals surface area contributed by atoms with Gasteiger partial charge in [-0.05, 0) is 38.1 Å². The van der Waals surface area contributed by atoms with Crippen molar-refractivity contribution in [3.63, 3.8) is 0 Å². The van der Waals surface area contributed by atoms with Gasteiger partial charge in [-0.25, -0.2) is 4.79 Å². The van der Waals surface area contributed by atoms with Gasteiger partial charge in [0.15, 0.2) is 24.5 Å². The van der Waals surface area contributed by atoms with Crippen LogP contribution in [0.25, 0.3) is 0 Å². The Labute approximate surface area is 295 Å². The number of benzene rings is 1. The van der Waals surface area contributed by atoms with Gasteiger partial charge in [-0.15, -0.1) is 0 Å². The zero-order chi connectivity index (χ0) is 37.6. The molecular formula is C33H51NO17. The van der Waals surface area contributed by atoms with Crippen LogP contribution < -0.4 is 10.1 Å². The summed E-state index contributed by atoms with van der Waals surface area (Å²) in [6.45, 7) is 4.97. The average molecular weight is 734 g/mol. The molecule has 1 amide bonds. The number of aliphatic hydroxyl groups is 5.